The van der Waals surface area contributed by atoms with Gasteiger partial charge in [-0.2, -0.15) is 0 Å². The number of rotatable bonds is 8. The van der Waals surface area contributed by atoms with Gasteiger partial charge in [0.1, 0.15) is 0 Å². The van der Waals surface area contributed by atoms with Crippen molar-refractivity contribution in [3.8, 4) is 0 Å². The Morgan fingerprint density at radius 3 is 1.29 bits per heavy atom. The van der Waals surface area contributed by atoms with Gasteiger partial charge in [-0.05, 0) is 188 Å². The monoisotopic (exact) mass is 986 g/mol. The summed E-state index contributed by atoms with van der Waals surface area (Å²) in [6.07, 6.45) is 14.9. The standard InChI is InChI=1S/C68H58N8/c1-39-35-41(3)61(42(4)36-39)67-57-27-23-53(73-57)65(47-19-15-45(16-20-47)63(49-11-7-31-69-49)50-12-8-32-70-50)55-25-29-59(75-55)68(62-43(5)37-40(2)38-44(62)6)60-30-26-56(76-60)66(54-24-28-58(67)74-54)48-21-17-46(18-22-48)64(51-13-9-33-71-51)52-14-10-34-72-52/h7-13,15-38,69,71-76H,14H2,1-6H3. The molecule has 0 aliphatic carbocycles. The number of fused-ring (bicyclic) bond motifs is 8. The lowest BCUT2D eigenvalue weighted by Crippen LogP contribution is -2.20. The molecule has 370 valence electrons. The normalized spacial score (nSPS) is 15.3. The fourth-order valence-corrected chi connectivity index (χ4v) is 12.2. The maximum atomic E-state index is 4.73. The van der Waals surface area contributed by atoms with E-state index in [2.05, 4.69) is 228 Å². The zero-order chi connectivity index (χ0) is 51.6. The molecule has 76 heavy (non-hydrogen) atoms. The number of aliphatic imine (C=N–C) groups is 1. The van der Waals surface area contributed by atoms with E-state index in [0.29, 0.717) is 0 Å². The summed E-state index contributed by atoms with van der Waals surface area (Å²) in [5.74, 6) is 0. The first-order chi connectivity index (χ1) is 37.1. The fraction of sp³-hybridized carbons (Fsp3) is 0.103. The number of nitrogens with one attached hydrogen (secondary N) is 7. The number of aromatic nitrogens is 6. The van der Waals surface area contributed by atoms with Crippen molar-refractivity contribution in [2.75, 3.05) is 0 Å². The molecule has 0 radical (unpaired) electrons. The average molecular weight is 987 g/mol. The summed E-state index contributed by atoms with van der Waals surface area (Å²) in [7, 11) is 0. The van der Waals surface area contributed by atoms with Crippen molar-refractivity contribution in [3.05, 3.63) is 316 Å². The summed E-state index contributed by atoms with van der Waals surface area (Å²) in [5.41, 5.74) is 28.9. The number of nitrogens with zero attached hydrogens (tertiary/aromatic N) is 1. The molecule has 0 spiro atoms. The lowest BCUT2D eigenvalue weighted by atomic mass is 9.92. The van der Waals surface area contributed by atoms with Crippen LogP contribution in [0.5, 0.6) is 0 Å². The molecule has 0 unspecified atom stereocenters. The van der Waals surface area contributed by atoms with Gasteiger partial charge in [0, 0.05) is 120 Å². The molecule has 8 bridgehead atoms. The first-order valence-corrected chi connectivity index (χ1v) is 26.2. The molecule has 10 aromatic rings. The van der Waals surface area contributed by atoms with E-state index in [9.17, 15) is 0 Å². The van der Waals surface area contributed by atoms with Gasteiger partial charge < -0.3 is 35.2 Å². The maximum absolute atomic E-state index is 4.73. The number of hydrogen-bond acceptors (Lipinski definition) is 2. The smallest absolute Gasteiger partial charge is 0.0729 e. The number of hydrogen-bond donors (Lipinski definition) is 7. The van der Waals surface area contributed by atoms with Crippen molar-refractivity contribution in [1.29, 1.82) is 0 Å². The topological polar surface area (TPSA) is 119 Å². The van der Waals surface area contributed by atoms with Crippen molar-refractivity contribution in [1.82, 2.24) is 35.2 Å². The summed E-state index contributed by atoms with van der Waals surface area (Å²) in [5, 5.41) is 7.55. The van der Waals surface area contributed by atoms with Gasteiger partial charge in [-0.3, -0.25) is 4.99 Å². The lowest BCUT2D eigenvalue weighted by Gasteiger charge is -2.15. The molecule has 0 fully saturated rings. The first kappa shape index (κ1) is 46.3. The van der Waals surface area contributed by atoms with Crippen molar-refractivity contribution < 1.29 is 0 Å². The highest BCUT2D eigenvalue weighted by atomic mass is 14.9. The van der Waals surface area contributed by atoms with Gasteiger partial charge >= 0.3 is 0 Å². The predicted octanol–water partition coefficient (Wildman–Crippen LogP) is 11.5. The molecule has 0 saturated heterocycles. The Kier molecular flexibility index (Phi) is 11.4. The highest BCUT2D eigenvalue weighted by Gasteiger charge is 2.23. The Bertz CT molecular complexity index is 4280. The highest BCUT2D eigenvalue weighted by molar-refractivity contribution is 5.90. The summed E-state index contributed by atoms with van der Waals surface area (Å²) in [4.78, 5) is 27.8. The van der Waals surface area contributed by atoms with Crippen LogP contribution >= 0.6 is 0 Å². The van der Waals surface area contributed by atoms with E-state index in [1.54, 1.807) is 0 Å². The molecule has 0 saturated carbocycles. The van der Waals surface area contributed by atoms with Crippen molar-refractivity contribution >= 4 is 39.7 Å². The van der Waals surface area contributed by atoms with Crippen molar-refractivity contribution in [2.24, 2.45) is 4.99 Å². The van der Waals surface area contributed by atoms with Crippen LogP contribution in [0.4, 0.5) is 0 Å². The van der Waals surface area contributed by atoms with Crippen LogP contribution in [-0.4, -0.2) is 36.1 Å². The third kappa shape index (κ3) is 8.15. The third-order valence-corrected chi connectivity index (χ3v) is 15.2. The van der Waals surface area contributed by atoms with Crippen LogP contribution in [0, 0.1) is 41.5 Å². The number of aromatic amines is 6. The zero-order valence-corrected chi connectivity index (χ0v) is 43.6. The van der Waals surface area contributed by atoms with Gasteiger partial charge in [0.25, 0.3) is 0 Å². The Morgan fingerprint density at radius 2 is 0.882 bits per heavy atom. The molecule has 9 heterocycles. The van der Waals surface area contributed by atoms with Gasteiger partial charge in [-0.15, -0.1) is 0 Å². The van der Waals surface area contributed by atoms with Gasteiger partial charge in [-0.25, -0.2) is 0 Å². The Labute approximate surface area is 441 Å². The molecule has 7 N–H and O–H groups in total. The molecule has 3 aliphatic rings. The largest absolute Gasteiger partial charge is 0.364 e. The first-order valence-electron chi connectivity index (χ1n) is 26.2. The maximum Gasteiger partial charge on any atom is 0.0729 e. The number of aryl methyl sites for hydroxylation is 6. The molecular weight excluding hydrogens is 929 g/mol. The molecule has 3 aliphatic heterocycles. The van der Waals surface area contributed by atoms with Crippen molar-refractivity contribution in [2.45, 2.75) is 48.0 Å². The molecule has 8 heteroatoms. The summed E-state index contributed by atoms with van der Waals surface area (Å²) in [6, 6.07) is 53.5. The molecule has 4 aromatic carbocycles. The van der Waals surface area contributed by atoms with Crippen LogP contribution in [0.2, 0.25) is 0 Å². The van der Waals surface area contributed by atoms with Crippen LogP contribution in [0.1, 0.15) is 107 Å². The molecule has 13 rings (SSSR count). The molecule has 0 amide bonds. The van der Waals surface area contributed by atoms with E-state index < -0.39 is 0 Å². The van der Waals surface area contributed by atoms with E-state index in [-0.39, 0.29) is 0 Å². The van der Waals surface area contributed by atoms with Gasteiger partial charge in [0.15, 0.2) is 0 Å². The Balaban J connectivity index is 1.08. The van der Waals surface area contributed by atoms with Crippen LogP contribution < -0.4 is 26.7 Å². The minimum Gasteiger partial charge on any atom is -0.364 e. The van der Waals surface area contributed by atoms with Crippen LogP contribution in [0.3, 0.4) is 0 Å². The van der Waals surface area contributed by atoms with Gasteiger partial charge in [0.2, 0.25) is 0 Å². The van der Waals surface area contributed by atoms with Crippen LogP contribution in [0.15, 0.2) is 199 Å². The Hall–Kier alpha value is -9.53. The number of benzene rings is 4. The molecule has 8 nitrogen and oxygen atoms in total. The van der Waals surface area contributed by atoms with E-state index in [1.807, 2.05) is 37.0 Å². The van der Waals surface area contributed by atoms with E-state index >= 15 is 0 Å². The molecule has 6 aromatic heterocycles. The quantitative estimate of drug-likeness (QED) is 0.0807. The second kappa shape index (κ2) is 18.7. The van der Waals surface area contributed by atoms with Gasteiger partial charge in [0.05, 0.1) is 5.70 Å². The third-order valence-electron chi connectivity index (χ3n) is 15.2. The number of allylic oxidation sites excluding steroid dienone is 3. The van der Waals surface area contributed by atoms with E-state index in [0.717, 1.165) is 118 Å². The highest BCUT2D eigenvalue weighted by Crippen LogP contribution is 2.35. The Morgan fingerprint density at radius 1 is 0.447 bits per heavy atom. The summed E-state index contributed by atoms with van der Waals surface area (Å²) in [6.45, 7) is 13.3. The van der Waals surface area contributed by atoms with Crippen molar-refractivity contribution in [3.63, 3.8) is 0 Å². The van der Waals surface area contributed by atoms with E-state index in [1.165, 1.54) is 55.8 Å². The van der Waals surface area contributed by atoms with Gasteiger partial charge in [-0.1, -0.05) is 90.0 Å². The summed E-state index contributed by atoms with van der Waals surface area (Å²) >= 11 is 0. The average Bonchev–Trinajstić information content (AvgIpc) is 4.26. The number of H-pyrrole nitrogens is 6. The minimum atomic E-state index is 0.849. The van der Waals surface area contributed by atoms with E-state index in [4.69, 9.17) is 4.99 Å². The van der Waals surface area contributed by atoms with Crippen LogP contribution in [-0.2, 0) is 0 Å². The molecule has 0 atom stereocenters. The van der Waals surface area contributed by atoms with Crippen LogP contribution in [0.25, 0.3) is 33.4 Å². The molecular formula is C68H58N8. The lowest BCUT2D eigenvalue weighted by molar-refractivity contribution is 1.07. The second-order valence-electron chi connectivity index (χ2n) is 20.5. The predicted molar refractivity (Wildman–Crippen MR) is 310 cm³/mol. The fourth-order valence-electron chi connectivity index (χ4n) is 12.2. The summed E-state index contributed by atoms with van der Waals surface area (Å²) < 4.78 is 0. The second-order valence-corrected chi connectivity index (χ2v) is 20.5. The zero-order valence-electron chi connectivity index (χ0n) is 43.6. The minimum absolute atomic E-state index is 0.849. The SMILES string of the molecule is Cc1cc(C)c(C2=c3ccc([nH]3)=C(c3ccc(C(=C4C=CC=N4)c4ccc[nH]4)cc3)c3ccc([nH]3)C(c3c(C)cc(C)cc3C)=c3ccc([nH]3)=C(c3ccc(C(=C4CC=CN4)c4ccc[nH]4)cc3)c3ccc2[nH]3)c(C)c1.